The second kappa shape index (κ2) is 4.91. The molecule has 1 rings (SSSR count). The first-order valence-electron chi connectivity index (χ1n) is 5.18. The van der Waals surface area contributed by atoms with Gasteiger partial charge in [-0.3, -0.25) is 19.3 Å². The van der Waals surface area contributed by atoms with Crippen LogP contribution in [0.25, 0.3) is 0 Å². The predicted octanol–water partition coefficient (Wildman–Crippen LogP) is 0.0370. The van der Waals surface area contributed by atoms with Crippen LogP contribution in [0.1, 0.15) is 32.6 Å². The van der Waals surface area contributed by atoms with Crippen LogP contribution in [0.3, 0.4) is 0 Å². The van der Waals surface area contributed by atoms with E-state index in [9.17, 15) is 14.4 Å². The van der Waals surface area contributed by atoms with E-state index in [-0.39, 0.29) is 24.2 Å². The van der Waals surface area contributed by atoms with Gasteiger partial charge in [0.2, 0.25) is 17.7 Å². The molecule has 84 valence electrons. The van der Waals surface area contributed by atoms with E-state index in [1.54, 1.807) is 0 Å². The van der Waals surface area contributed by atoms with Crippen molar-refractivity contribution in [2.45, 2.75) is 32.6 Å². The van der Waals surface area contributed by atoms with Crippen LogP contribution in [-0.2, 0) is 14.4 Å². The van der Waals surface area contributed by atoms with E-state index in [1.807, 2.05) is 6.92 Å². The number of hydrogen-bond acceptors (Lipinski definition) is 3. The summed E-state index contributed by atoms with van der Waals surface area (Å²) in [7, 11) is 0. The number of carbonyl (C=O) groups is 3. The number of rotatable bonds is 5. The summed E-state index contributed by atoms with van der Waals surface area (Å²) in [5, 5.41) is 0. The second-order valence-corrected chi connectivity index (χ2v) is 3.76. The molecule has 1 unspecified atom stereocenters. The number of hydrogen-bond donors (Lipinski definition) is 1. The topological polar surface area (TPSA) is 80.5 Å². The average Bonchev–Trinajstić information content (AvgIpc) is 2.44. The van der Waals surface area contributed by atoms with Crippen molar-refractivity contribution < 1.29 is 14.4 Å². The maximum atomic E-state index is 11.6. The molecule has 3 amide bonds. The number of likely N-dealkylation sites (tertiary alicyclic amines) is 1. The zero-order chi connectivity index (χ0) is 11.4. The minimum atomic E-state index is -0.402. The van der Waals surface area contributed by atoms with Crippen LogP contribution in [0.15, 0.2) is 0 Å². The Morgan fingerprint density at radius 3 is 2.67 bits per heavy atom. The highest BCUT2D eigenvalue weighted by Gasteiger charge is 2.36. The molecule has 0 aromatic rings. The largest absolute Gasteiger partial charge is 0.370 e. The summed E-state index contributed by atoms with van der Waals surface area (Å²) in [6, 6.07) is 0. The Morgan fingerprint density at radius 1 is 1.53 bits per heavy atom. The quantitative estimate of drug-likeness (QED) is 0.653. The lowest BCUT2D eigenvalue weighted by Crippen LogP contribution is -2.32. The Balaban J connectivity index is 2.44. The fourth-order valence-corrected chi connectivity index (χ4v) is 1.72. The molecule has 1 heterocycles. The fraction of sp³-hybridized carbons (Fsp3) is 0.700. The van der Waals surface area contributed by atoms with Crippen molar-refractivity contribution in [2.75, 3.05) is 6.54 Å². The third kappa shape index (κ3) is 2.78. The van der Waals surface area contributed by atoms with Crippen molar-refractivity contribution in [3.8, 4) is 0 Å². The molecule has 15 heavy (non-hydrogen) atoms. The van der Waals surface area contributed by atoms with Crippen molar-refractivity contribution in [2.24, 2.45) is 11.7 Å². The summed E-state index contributed by atoms with van der Waals surface area (Å²) >= 11 is 0. The van der Waals surface area contributed by atoms with Crippen molar-refractivity contribution in [1.82, 2.24) is 4.90 Å². The molecule has 5 nitrogen and oxygen atoms in total. The van der Waals surface area contributed by atoms with E-state index in [0.29, 0.717) is 25.8 Å². The lowest BCUT2D eigenvalue weighted by atomic mass is 10.1. The maximum Gasteiger partial charge on any atom is 0.232 e. The molecule has 1 aliphatic heterocycles. The minimum absolute atomic E-state index is 0.105. The first-order valence-corrected chi connectivity index (χ1v) is 5.18. The SMILES string of the molecule is CCC1CC(=O)N(CCCC(N)=O)C1=O. The Bertz CT molecular complexity index is 288. The maximum absolute atomic E-state index is 11.6. The summed E-state index contributed by atoms with van der Waals surface area (Å²) < 4.78 is 0. The van der Waals surface area contributed by atoms with E-state index in [2.05, 4.69) is 0 Å². The molecular weight excluding hydrogens is 196 g/mol. The van der Waals surface area contributed by atoms with Gasteiger partial charge in [0.05, 0.1) is 0 Å². The minimum Gasteiger partial charge on any atom is -0.370 e. The van der Waals surface area contributed by atoms with Gasteiger partial charge in [-0.25, -0.2) is 0 Å². The van der Waals surface area contributed by atoms with E-state index >= 15 is 0 Å². The predicted molar refractivity (Wildman–Crippen MR) is 53.5 cm³/mol. The van der Waals surface area contributed by atoms with E-state index < -0.39 is 5.91 Å². The molecular formula is C10H16N2O3. The Labute approximate surface area is 88.6 Å². The number of imide groups is 1. The first-order chi connectivity index (χ1) is 7.06. The summed E-state index contributed by atoms with van der Waals surface area (Å²) in [6.07, 6.45) is 1.68. The van der Waals surface area contributed by atoms with Crippen LogP contribution in [0, 0.1) is 5.92 Å². The van der Waals surface area contributed by atoms with Crippen molar-refractivity contribution in [3.63, 3.8) is 0 Å². The van der Waals surface area contributed by atoms with Gasteiger partial charge in [0, 0.05) is 25.3 Å². The van der Waals surface area contributed by atoms with Gasteiger partial charge < -0.3 is 5.73 Å². The van der Waals surface area contributed by atoms with Crippen LogP contribution in [0.4, 0.5) is 0 Å². The highest BCUT2D eigenvalue weighted by Crippen LogP contribution is 2.22. The monoisotopic (exact) mass is 212 g/mol. The lowest BCUT2D eigenvalue weighted by Gasteiger charge is -2.13. The second-order valence-electron chi connectivity index (χ2n) is 3.76. The zero-order valence-electron chi connectivity index (χ0n) is 8.86. The lowest BCUT2D eigenvalue weighted by molar-refractivity contribution is -0.139. The number of primary amides is 1. The molecule has 0 aromatic heterocycles. The van der Waals surface area contributed by atoms with Crippen LogP contribution in [0.5, 0.6) is 0 Å². The zero-order valence-corrected chi connectivity index (χ0v) is 8.86. The van der Waals surface area contributed by atoms with E-state index in [0.717, 1.165) is 0 Å². The van der Waals surface area contributed by atoms with Gasteiger partial charge in [-0.1, -0.05) is 6.92 Å². The Morgan fingerprint density at radius 2 is 2.20 bits per heavy atom. The normalized spacial score (nSPS) is 21.1. The third-order valence-corrected chi connectivity index (χ3v) is 2.64. The fourth-order valence-electron chi connectivity index (χ4n) is 1.72. The molecule has 1 aliphatic rings. The van der Waals surface area contributed by atoms with E-state index in [1.165, 1.54) is 4.90 Å². The van der Waals surface area contributed by atoms with Crippen LogP contribution < -0.4 is 5.73 Å². The number of amides is 3. The molecule has 0 saturated carbocycles. The smallest absolute Gasteiger partial charge is 0.232 e. The number of nitrogens with two attached hydrogens (primary N) is 1. The molecule has 0 aliphatic carbocycles. The Kier molecular flexibility index (Phi) is 3.82. The average molecular weight is 212 g/mol. The molecule has 5 heteroatoms. The molecule has 2 N–H and O–H groups in total. The van der Waals surface area contributed by atoms with Gasteiger partial charge in [-0.15, -0.1) is 0 Å². The van der Waals surface area contributed by atoms with Crippen LogP contribution >= 0.6 is 0 Å². The van der Waals surface area contributed by atoms with Gasteiger partial charge in [0.25, 0.3) is 0 Å². The van der Waals surface area contributed by atoms with Crippen molar-refractivity contribution in [1.29, 1.82) is 0 Å². The van der Waals surface area contributed by atoms with Crippen molar-refractivity contribution in [3.05, 3.63) is 0 Å². The van der Waals surface area contributed by atoms with Gasteiger partial charge >= 0.3 is 0 Å². The van der Waals surface area contributed by atoms with Crippen molar-refractivity contribution >= 4 is 17.7 Å². The summed E-state index contributed by atoms with van der Waals surface area (Å²) in [6.45, 7) is 2.21. The number of carbonyl (C=O) groups excluding carboxylic acids is 3. The molecule has 1 fully saturated rings. The van der Waals surface area contributed by atoms with Gasteiger partial charge in [-0.2, -0.15) is 0 Å². The van der Waals surface area contributed by atoms with Gasteiger partial charge in [-0.05, 0) is 12.8 Å². The highest BCUT2D eigenvalue weighted by atomic mass is 16.2. The first kappa shape index (κ1) is 11.7. The highest BCUT2D eigenvalue weighted by molar-refractivity contribution is 6.03. The molecule has 0 radical (unpaired) electrons. The summed E-state index contributed by atoms with van der Waals surface area (Å²) in [5.74, 6) is -0.796. The standard InChI is InChI=1S/C10H16N2O3/c1-2-7-6-9(14)12(10(7)15)5-3-4-8(11)13/h7H,2-6H2,1H3,(H2,11,13). The summed E-state index contributed by atoms with van der Waals surface area (Å²) in [4.78, 5) is 34.8. The Hall–Kier alpha value is -1.39. The van der Waals surface area contributed by atoms with Gasteiger partial charge in [0.1, 0.15) is 0 Å². The number of nitrogens with zero attached hydrogens (tertiary/aromatic N) is 1. The van der Waals surface area contributed by atoms with Gasteiger partial charge in [0.15, 0.2) is 0 Å². The third-order valence-electron chi connectivity index (χ3n) is 2.64. The van der Waals surface area contributed by atoms with E-state index in [4.69, 9.17) is 5.73 Å². The van der Waals surface area contributed by atoms with Crippen LogP contribution in [0.2, 0.25) is 0 Å². The summed E-state index contributed by atoms with van der Waals surface area (Å²) in [5.41, 5.74) is 4.97. The molecule has 1 atom stereocenters. The molecule has 0 spiro atoms. The molecule has 0 bridgehead atoms. The van der Waals surface area contributed by atoms with Crippen LogP contribution in [-0.4, -0.2) is 29.2 Å². The molecule has 1 saturated heterocycles. The molecule has 0 aromatic carbocycles.